The van der Waals surface area contributed by atoms with E-state index in [0.717, 1.165) is 25.1 Å². The van der Waals surface area contributed by atoms with Gasteiger partial charge in [-0.15, -0.1) is 0 Å². The molecule has 0 atom stereocenters. The Morgan fingerprint density at radius 2 is 2.00 bits per heavy atom. The largest absolute Gasteiger partial charge is 0.478 e. The van der Waals surface area contributed by atoms with Gasteiger partial charge >= 0.3 is 0 Å². The van der Waals surface area contributed by atoms with E-state index in [2.05, 4.69) is 29.1 Å². The number of nitrogens with one attached hydrogen (secondary N) is 1. The maximum absolute atomic E-state index is 5.51. The molecule has 0 saturated carbocycles. The molecular weight excluding hydrogens is 214 g/mol. The molecule has 1 aromatic rings. The van der Waals surface area contributed by atoms with Crippen LogP contribution in [-0.4, -0.2) is 23.1 Å². The van der Waals surface area contributed by atoms with Crippen molar-refractivity contribution >= 4 is 5.95 Å². The van der Waals surface area contributed by atoms with E-state index in [4.69, 9.17) is 4.74 Å². The molecule has 1 rings (SSSR count). The highest BCUT2D eigenvalue weighted by atomic mass is 16.5. The first-order valence-corrected chi connectivity index (χ1v) is 6.48. The van der Waals surface area contributed by atoms with Gasteiger partial charge in [0.05, 0.1) is 6.61 Å². The fourth-order valence-electron chi connectivity index (χ4n) is 1.47. The molecule has 0 bridgehead atoms. The Labute approximate surface area is 104 Å². The Morgan fingerprint density at radius 1 is 1.18 bits per heavy atom. The molecule has 0 aliphatic heterocycles. The third kappa shape index (κ3) is 5.52. The van der Waals surface area contributed by atoms with Gasteiger partial charge in [0.25, 0.3) is 0 Å². The van der Waals surface area contributed by atoms with Crippen molar-refractivity contribution in [2.45, 2.75) is 46.5 Å². The molecule has 17 heavy (non-hydrogen) atoms. The van der Waals surface area contributed by atoms with Gasteiger partial charge in [-0.1, -0.05) is 26.7 Å². The fourth-order valence-corrected chi connectivity index (χ4v) is 1.47. The lowest BCUT2D eigenvalue weighted by atomic mass is 10.2. The Hall–Kier alpha value is -1.32. The van der Waals surface area contributed by atoms with Gasteiger partial charge in [-0.25, -0.2) is 4.98 Å². The average Bonchev–Trinajstić information content (AvgIpc) is 2.31. The van der Waals surface area contributed by atoms with E-state index in [1.54, 1.807) is 0 Å². The number of anilines is 1. The van der Waals surface area contributed by atoms with Crippen LogP contribution in [0.25, 0.3) is 0 Å². The number of unbranched alkanes of at least 4 members (excludes halogenated alkanes) is 2. The smallest absolute Gasteiger partial charge is 0.226 e. The SMILES string of the molecule is CCCCCNc1nc(C)cc(OCCC)n1. The van der Waals surface area contributed by atoms with Crippen LogP contribution in [0.3, 0.4) is 0 Å². The van der Waals surface area contributed by atoms with Gasteiger partial charge in [-0.2, -0.15) is 4.98 Å². The maximum atomic E-state index is 5.51. The lowest BCUT2D eigenvalue weighted by Crippen LogP contribution is -2.07. The van der Waals surface area contributed by atoms with Gasteiger partial charge in [0.15, 0.2) is 0 Å². The van der Waals surface area contributed by atoms with Gasteiger partial charge in [-0.3, -0.25) is 0 Å². The minimum Gasteiger partial charge on any atom is -0.478 e. The monoisotopic (exact) mass is 237 g/mol. The van der Waals surface area contributed by atoms with Crippen LogP contribution in [0.15, 0.2) is 6.07 Å². The summed E-state index contributed by atoms with van der Waals surface area (Å²) in [6, 6.07) is 1.87. The van der Waals surface area contributed by atoms with Crippen molar-refractivity contribution in [3.8, 4) is 5.88 Å². The van der Waals surface area contributed by atoms with Crippen molar-refractivity contribution in [1.29, 1.82) is 0 Å². The Bertz CT molecular complexity index is 328. The minimum absolute atomic E-state index is 0.664. The minimum atomic E-state index is 0.664. The van der Waals surface area contributed by atoms with Crippen LogP contribution >= 0.6 is 0 Å². The number of aromatic nitrogens is 2. The number of ether oxygens (including phenoxy) is 1. The summed E-state index contributed by atoms with van der Waals surface area (Å²) in [6.45, 7) is 7.85. The standard InChI is InChI=1S/C13H23N3O/c1-4-6-7-8-14-13-15-11(3)10-12(16-13)17-9-5-2/h10H,4-9H2,1-3H3,(H,14,15,16). The lowest BCUT2D eigenvalue weighted by molar-refractivity contribution is 0.305. The molecule has 1 N–H and O–H groups in total. The molecule has 4 heteroatoms. The molecule has 0 spiro atoms. The van der Waals surface area contributed by atoms with E-state index in [9.17, 15) is 0 Å². The summed E-state index contributed by atoms with van der Waals surface area (Å²) >= 11 is 0. The number of nitrogens with zero attached hydrogens (tertiary/aromatic N) is 2. The zero-order chi connectivity index (χ0) is 12.5. The molecule has 0 amide bonds. The van der Waals surface area contributed by atoms with Crippen molar-refractivity contribution in [2.75, 3.05) is 18.5 Å². The molecule has 1 heterocycles. The first-order valence-electron chi connectivity index (χ1n) is 6.48. The molecule has 0 aliphatic rings. The van der Waals surface area contributed by atoms with Crippen LogP contribution in [0.1, 0.15) is 45.2 Å². The number of aryl methyl sites for hydroxylation is 1. The van der Waals surface area contributed by atoms with E-state index in [0.29, 0.717) is 18.4 Å². The number of rotatable bonds is 8. The third-order valence-corrected chi connectivity index (χ3v) is 2.35. The zero-order valence-electron chi connectivity index (χ0n) is 11.1. The van der Waals surface area contributed by atoms with Crippen LogP contribution in [-0.2, 0) is 0 Å². The summed E-state index contributed by atoms with van der Waals surface area (Å²) in [5, 5.41) is 3.23. The zero-order valence-corrected chi connectivity index (χ0v) is 11.1. The summed E-state index contributed by atoms with van der Waals surface area (Å²) in [6.07, 6.45) is 4.60. The van der Waals surface area contributed by atoms with Gasteiger partial charge in [-0.05, 0) is 19.8 Å². The second kappa shape index (κ2) is 7.87. The Balaban J connectivity index is 2.50. The molecule has 0 saturated heterocycles. The van der Waals surface area contributed by atoms with Crippen molar-refractivity contribution < 1.29 is 4.74 Å². The van der Waals surface area contributed by atoms with Crippen LogP contribution in [0.5, 0.6) is 5.88 Å². The van der Waals surface area contributed by atoms with Gasteiger partial charge in [0.1, 0.15) is 0 Å². The summed E-state index contributed by atoms with van der Waals surface area (Å²) in [4.78, 5) is 8.66. The van der Waals surface area contributed by atoms with E-state index in [1.807, 2.05) is 13.0 Å². The van der Waals surface area contributed by atoms with Crippen LogP contribution < -0.4 is 10.1 Å². The summed E-state index contributed by atoms with van der Waals surface area (Å²) < 4.78 is 5.51. The van der Waals surface area contributed by atoms with Crippen LogP contribution in [0.4, 0.5) is 5.95 Å². The van der Waals surface area contributed by atoms with Crippen molar-refractivity contribution in [3.63, 3.8) is 0 Å². The molecule has 1 aromatic heterocycles. The number of hydrogen-bond acceptors (Lipinski definition) is 4. The van der Waals surface area contributed by atoms with Crippen LogP contribution in [0.2, 0.25) is 0 Å². The second-order valence-electron chi connectivity index (χ2n) is 4.15. The van der Waals surface area contributed by atoms with E-state index >= 15 is 0 Å². The predicted molar refractivity (Wildman–Crippen MR) is 70.6 cm³/mol. The normalized spacial score (nSPS) is 10.3. The highest BCUT2D eigenvalue weighted by Gasteiger charge is 2.02. The van der Waals surface area contributed by atoms with Crippen molar-refractivity contribution in [1.82, 2.24) is 9.97 Å². The molecule has 0 aliphatic carbocycles. The molecule has 0 unspecified atom stereocenters. The Kier molecular flexibility index (Phi) is 6.37. The molecule has 0 radical (unpaired) electrons. The summed E-state index contributed by atoms with van der Waals surface area (Å²) in [5.41, 5.74) is 0.934. The first kappa shape index (κ1) is 13.7. The first-order chi connectivity index (χ1) is 8.26. The molecule has 0 fully saturated rings. The number of hydrogen-bond donors (Lipinski definition) is 1. The highest BCUT2D eigenvalue weighted by molar-refractivity contribution is 5.30. The van der Waals surface area contributed by atoms with E-state index < -0.39 is 0 Å². The highest BCUT2D eigenvalue weighted by Crippen LogP contribution is 2.12. The molecular formula is C13H23N3O. The molecule has 0 aromatic carbocycles. The van der Waals surface area contributed by atoms with Crippen molar-refractivity contribution in [3.05, 3.63) is 11.8 Å². The van der Waals surface area contributed by atoms with Gasteiger partial charge < -0.3 is 10.1 Å². The predicted octanol–water partition coefficient (Wildman–Crippen LogP) is 3.18. The van der Waals surface area contributed by atoms with E-state index in [1.165, 1.54) is 12.8 Å². The van der Waals surface area contributed by atoms with Gasteiger partial charge in [0, 0.05) is 18.3 Å². The molecule has 96 valence electrons. The topological polar surface area (TPSA) is 47.0 Å². The lowest BCUT2D eigenvalue weighted by Gasteiger charge is -2.08. The third-order valence-electron chi connectivity index (χ3n) is 2.35. The molecule has 4 nitrogen and oxygen atoms in total. The van der Waals surface area contributed by atoms with Crippen molar-refractivity contribution in [2.24, 2.45) is 0 Å². The fraction of sp³-hybridized carbons (Fsp3) is 0.692. The quantitative estimate of drug-likeness (QED) is 0.705. The van der Waals surface area contributed by atoms with E-state index in [-0.39, 0.29) is 0 Å². The second-order valence-corrected chi connectivity index (χ2v) is 4.15. The summed E-state index contributed by atoms with van der Waals surface area (Å²) in [5.74, 6) is 1.34. The van der Waals surface area contributed by atoms with Gasteiger partial charge in [0.2, 0.25) is 11.8 Å². The summed E-state index contributed by atoms with van der Waals surface area (Å²) in [7, 11) is 0. The Morgan fingerprint density at radius 3 is 2.71 bits per heavy atom. The van der Waals surface area contributed by atoms with Crippen LogP contribution in [0, 0.1) is 6.92 Å². The maximum Gasteiger partial charge on any atom is 0.226 e. The average molecular weight is 237 g/mol.